The minimum absolute atomic E-state index is 0.129. The lowest BCUT2D eigenvalue weighted by Gasteiger charge is -2.35. The number of anilines is 1. The number of nitrogens with zero attached hydrogens (tertiary/aromatic N) is 4. The number of rotatable bonds is 27. The molecule has 0 spiro atoms. The maximum absolute atomic E-state index is 11.6. The number of benzene rings is 2. The van der Waals surface area contributed by atoms with Crippen LogP contribution >= 0.6 is 23.2 Å². The number of piperazine rings is 1. The van der Waals surface area contributed by atoms with E-state index in [9.17, 15) is 14.4 Å². The first-order chi connectivity index (χ1) is 30.6. The number of carbonyl (C=O) groups excluding carboxylic acids is 3. The second-order valence-electron chi connectivity index (χ2n) is 16.0. The fraction of sp³-hybridized carbons (Fsp3) is 0.551. The van der Waals surface area contributed by atoms with Crippen LogP contribution in [0.25, 0.3) is 0 Å². The van der Waals surface area contributed by atoms with E-state index in [1.165, 1.54) is 38.5 Å². The highest BCUT2D eigenvalue weighted by atomic mass is 35.5. The molecule has 1 aromatic heterocycles. The quantitative estimate of drug-likeness (QED) is 0.0316. The van der Waals surface area contributed by atoms with Gasteiger partial charge >= 0.3 is 11.9 Å². The SMILES string of the molecule is C=CCCCCCCCCC(=O)OCOC(=O)CCCCCCCCC=C.CC(=O)N1CCN(c2ccc(OC[C@H]3CO[C@](Cn4ccnc4)(c4ccc(Cl)cc4Cl)O3)cc2)CC1. The van der Waals surface area contributed by atoms with Crippen molar-refractivity contribution in [2.24, 2.45) is 0 Å². The molecule has 0 N–H and O–H groups in total. The minimum atomic E-state index is -1.08. The average Bonchev–Trinajstić information content (AvgIpc) is 3.95. The average molecular weight is 912 g/mol. The Morgan fingerprint density at radius 1 is 0.810 bits per heavy atom. The molecule has 2 aliphatic rings. The molecular formula is C49H68Cl2N4O8. The smallest absolute Gasteiger partial charge is 0.308 e. The normalized spacial score (nSPS) is 17.1. The molecule has 0 unspecified atom stereocenters. The molecule has 2 fully saturated rings. The van der Waals surface area contributed by atoms with Gasteiger partial charge in [0.25, 0.3) is 0 Å². The van der Waals surface area contributed by atoms with Crippen molar-refractivity contribution in [1.29, 1.82) is 0 Å². The highest BCUT2D eigenvalue weighted by Gasteiger charge is 2.45. The predicted molar refractivity (Wildman–Crippen MR) is 249 cm³/mol. The van der Waals surface area contributed by atoms with E-state index in [0.717, 1.165) is 89.0 Å². The van der Waals surface area contributed by atoms with Gasteiger partial charge in [-0.3, -0.25) is 14.4 Å². The number of allylic oxidation sites excluding steroid dienone is 2. The number of unbranched alkanes of at least 4 members (excludes halogenated alkanes) is 12. The van der Waals surface area contributed by atoms with Gasteiger partial charge in [-0.05, 0) is 74.9 Å². The summed E-state index contributed by atoms with van der Waals surface area (Å²) < 4.78 is 30.5. The van der Waals surface area contributed by atoms with Crippen LogP contribution in [0.3, 0.4) is 0 Å². The van der Waals surface area contributed by atoms with Gasteiger partial charge < -0.3 is 38.1 Å². The number of amides is 1. The van der Waals surface area contributed by atoms with Gasteiger partial charge in [0, 0.05) is 74.6 Å². The van der Waals surface area contributed by atoms with Crippen molar-refractivity contribution in [1.82, 2.24) is 14.5 Å². The Labute approximate surface area is 384 Å². The predicted octanol–water partition coefficient (Wildman–Crippen LogP) is 10.8. The number of imidazole rings is 1. The summed E-state index contributed by atoms with van der Waals surface area (Å²) in [6, 6.07) is 13.3. The van der Waals surface area contributed by atoms with Crippen molar-refractivity contribution >= 4 is 46.7 Å². The number of ether oxygens (including phenoxy) is 5. The summed E-state index contributed by atoms with van der Waals surface area (Å²) in [6.45, 7) is 13.0. The van der Waals surface area contributed by atoms with E-state index >= 15 is 0 Å². The Hall–Kier alpha value is -4.36. The molecule has 12 nitrogen and oxygen atoms in total. The van der Waals surface area contributed by atoms with Crippen molar-refractivity contribution in [2.45, 2.75) is 128 Å². The second-order valence-corrected chi connectivity index (χ2v) is 16.9. The zero-order chi connectivity index (χ0) is 45.1. The van der Waals surface area contributed by atoms with Gasteiger partial charge in [0.05, 0.1) is 24.5 Å². The number of carbonyl (C=O) groups is 3. The fourth-order valence-electron chi connectivity index (χ4n) is 7.43. The summed E-state index contributed by atoms with van der Waals surface area (Å²) in [5.74, 6) is -0.768. The summed E-state index contributed by atoms with van der Waals surface area (Å²) in [5.41, 5.74) is 1.82. The van der Waals surface area contributed by atoms with Gasteiger partial charge in [0.2, 0.25) is 18.5 Å². The van der Waals surface area contributed by atoms with Crippen molar-refractivity contribution in [3.8, 4) is 5.75 Å². The molecule has 2 aliphatic heterocycles. The maximum atomic E-state index is 11.6. The number of hydrogen-bond donors (Lipinski definition) is 0. The molecule has 2 saturated heterocycles. The standard InChI is InChI=1S/C26H28Cl2N4O4.C23H40O4/c1-19(33)31-10-12-32(13-11-31)21-3-5-22(6-4-21)34-15-23-16-35-26(36-23,17-30-9-8-29-18-30)24-7-2-20(27)14-25(24)28;1-3-5-7-9-11-13-15-17-19-22(24)26-21-27-23(25)20-18-16-14-12-10-8-6-4-2/h2-9,14,18,23H,10-13,15-17H2,1H3;3-4H,1-2,5-21H2/t23-,26-;/m0./s1. The first-order valence-electron chi connectivity index (χ1n) is 22.6. The van der Waals surface area contributed by atoms with Crippen molar-refractivity contribution < 1.29 is 38.1 Å². The molecule has 1 amide bonds. The second kappa shape index (κ2) is 29.2. The van der Waals surface area contributed by atoms with Crippen LogP contribution in [-0.4, -0.2) is 84.6 Å². The van der Waals surface area contributed by atoms with Gasteiger partial charge in [-0.2, -0.15) is 0 Å². The van der Waals surface area contributed by atoms with E-state index in [1.54, 1.807) is 31.6 Å². The fourth-order valence-corrected chi connectivity index (χ4v) is 7.99. The van der Waals surface area contributed by atoms with E-state index in [4.69, 9.17) is 46.9 Å². The lowest BCUT2D eigenvalue weighted by Crippen LogP contribution is -2.48. The van der Waals surface area contributed by atoms with Crippen LogP contribution in [0.15, 0.2) is 86.5 Å². The zero-order valence-electron chi connectivity index (χ0n) is 37.2. The third-order valence-corrected chi connectivity index (χ3v) is 11.6. The minimum Gasteiger partial charge on any atom is -0.491 e. The first kappa shape index (κ1) is 51.3. The Morgan fingerprint density at radius 2 is 1.40 bits per heavy atom. The van der Waals surface area contributed by atoms with Crippen LogP contribution in [-0.2, 0) is 45.7 Å². The van der Waals surface area contributed by atoms with Gasteiger partial charge in [-0.25, -0.2) is 4.98 Å². The summed E-state index contributed by atoms with van der Waals surface area (Å²) in [4.78, 5) is 43.0. The maximum Gasteiger partial charge on any atom is 0.308 e. The molecule has 14 heteroatoms. The summed E-state index contributed by atoms with van der Waals surface area (Å²) in [6.07, 6.45) is 25.1. The van der Waals surface area contributed by atoms with Crippen molar-refractivity contribution in [3.63, 3.8) is 0 Å². The molecule has 3 aromatic rings. The number of halogens is 2. The van der Waals surface area contributed by atoms with Crippen LogP contribution < -0.4 is 9.64 Å². The van der Waals surface area contributed by atoms with E-state index in [1.807, 2.05) is 58.1 Å². The largest absolute Gasteiger partial charge is 0.491 e. The summed E-state index contributed by atoms with van der Waals surface area (Å²) in [7, 11) is 0. The lowest BCUT2D eigenvalue weighted by molar-refractivity contribution is -0.189. The van der Waals surface area contributed by atoms with Crippen LogP contribution in [0.4, 0.5) is 5.69 Å². The monoisotopic (exact) mass is 910 g/mol. The Bertz CT molecular complexity index is 1770. The van der Waals surface area contributed by atoms with Crippen LogP contribution in [0.2, 0.25) is 10.0 Å². The molecule has 3 heterocycles. The van der Waals surface area contributed by atoms with Gasteiger partial charge in [0.1, 0.15) is 18.5 Å². The number of aromatic nitrogens is 2. The van der Waals surface area contributed by atoms with Crippen molar-refractivity contribution in [3.05, 3.63) is 102 Å². The van der Waals surface area contributed by atoms with Gasteiger partial charge in [-0.15, -0.1) is 13.2 Å². The topological polar surface area (TPSA) is 122 Å². The highest BCUT2D eigenvalue weighted by Crippen LogP contribution is 2.40. The number of hydrogen-bond acceptors (Lipinski definition) is 10. The summed E-state index contributed by atoms with van der Waals surface area (Å²) in [5, 5.41) is 1.02. The van der Waals surface area contributed by atoms with Crippen LogP contribution in [0, 0.1) is 0 Å². The third kappa shape index (κ3) is 19.1. The van der Waals surface area contributed by atoms with Gasteiger partial charge in [0.15, 0.2) is 0 Å². The molecule has 346 valence electrons. The Balaban J connectivity index is 0.000000291. The molecule has 0 bridgehead atoms. The number of esters is 2. The highest BCUT2D eigenvalue weighted by molar-refractivity contribution is 6.35. The van der Waals surface area contributed by atoms with E-state index in [2.05, 4.69) is 23.0 Å². The third-order valence-electron chi connectivity index (χ3n) is 11.0. The van der Waals surface area contributed by atoms with E-state index in [0.29, 0.717) is 48.2 Å². The van der Waals surface area contributed by atoms with Gasteiger partial charge in [-0.1, -0.05) is 92.8 Å². The summed E-state index contributed by atoms with van der Waals surface area (Å²) >= 11 is 12.7. The van der Waals surface area contributed by atoms with Crippen LogP contribution in [0.5, 0.6) is 5.75 Å². The Morgan fingerprint density at radius 3 is 1.94 bits per heavy atom. The molecule has 0 saturated carbocycles. The molecule has 63 heavy (non-hydrogen) atoms. The van der Waals surface area contributed by atoms with E-state index < -0.39 is 5.79 Å². The van der Waals surface area contributed by atoms with E-state index in [-0.39, 0.29) is 30.7 Å². The molecule has 5 rings (SSSR count). The molecular weight excluding hydrogens is 843 g/mol. The van der Waals surface area contributed by atoms with Crippen LogP contribution in [0.1, 0.15) is 115 Å². The zero-order valence-corrected chi connectivity index (χ0v) is 38.7. The molecule has 2 aromatic carbocycles. The molecule has 2 atom stereocenters. The van der Waals surface area contributed by atoms with Crippen molar-refractivity contribution in [2.75, 3.05) is 51.1 Å². The first-order valence-corrected chi connectivity index (χ1v) is 23.4. The lowest BCUT2D eigenvalue weighted by atomic mass is 10.1. The Kier molecular flexibility index (Phi) is 23.7. The molecule has 0 aliphatic carbocycles. The molecule has 0 radical (unpaired) electrons.